The second-order valence-corrected chi connectivity index (χ2v) is 6.49. The Morgan fingerprint density at radius 1 is 1.35 bits per heavy atom. The highest BCUT2D eigenvalue weighted by atomic mass is 35.5. The van der Waals surface area contributed by atoms with Crippen molar-refractivity contribution in [2.45, 2.75) is 39.5 Å². The van der Waals surface area contributed by atoms with Crippen LogP contribution in [0.3, 0.4) is 0 Å². The van der Waals surface area contributed by atoms with Gasteiger partial charge in [0.05, 0.1) is 0 Å². The lowest BCUT2D eigenvalue weighted by Gasteiger charge is -2.27. The molecule has 0 bridgehead atoms. The quantitative estimate of drug-likeness (QED) is 0.773. The van der Waals surface area contributed by atoms with Crippen LogP contribution >= 0.6 is 11.6 Å². The summed E-state index contributed by atoms with van der Waals surface area (Å²) >= 11 is 6.06. The third kappa shape index (κ3) is 3.56. The van der Waals surface area contributed by atoms with Crippen LogP contribution in [0.2, 0.25) is 5.15 Å². The Balaban J connectivity index is 2.19. The largest absolute Gasteiger partial charge is 0.359 e. The fourth-order valence-corrected chi connectivity index (χ4v) is 2.12. The molecule has 4 heteroatoms. The summed E-state index contributed by atoms with van der Waals surface area (Å²) in [5.74, 6) is 2.38. The van der Waals surface area contributed by atoms with Crippen molar-refractivity contribution in [2.24, 2.45) is 5.41 Å². The van der Waals surface area contributed by atoms with Gasteiger partial charge in [0.2, 0.25) is 0 Å². The summed E-state index contributed by atoms with van der Waals surface area (Å²) in [5.41, 5.74) is 0.242. The van der Waals surface area contributed by atoms with E-state index in [1.54, 1.807) is 0 Å². The smallest absolute Gasteiger partial charge is 0.135 e. The van der Waals surface area contributed by atoms with Crippen LogP contribution in [0, 0.1) is 5.41 Å². The molecule has 1 aromatic heterocycles. The van der Waals surface area contributed by atoms with Crippen molar-refractivity contribution >= 4 is 17.4 Å². The molecule has 0 atom stereocenters. The lowest BCUT2D eigenvalue weighted by molar-refractivity contribution is 0.417. The molecule has 0 radical (unpaired) electrons. The summed E-state index contributed by atoms with van der Waals surface area (Å²) in [5, 5.41) is 0.553. The molecule has 1 aliphatic rings. The number of anilines is 1. The fraction of sp³-hybridized carbons (Fsp3) is 0.692. The highest BCUT2D eigenvalue weighted by Crippen LogP contribution is 2.39. The Kier molecular flexibility index (Phi) is 3.30. The van der Waals surface area contributed by atoms with E-state index in [9.17, 15) is 0 Å². The number of halogens is 1. The Hall–Kier alpha value is -0.830. The Morgan fingerprint density at radius 2 is 2.00 bits per heavy atom. The van der Waals surface area contributed by atoms with Gasteiger partial charge in [0.25, 0.3) is 0 Å². The molecule has 0 N–H and O–H groups in total. The average Bonchev–Trinajstić information content (AvgIpc) is 2.96. The molecule has 1 heterocycles. The molecule has 17 heavy (non-hydrogen) atoms. The number of aromatic nitrogens is 2. The molecule has 1 aromatic rings. The molecule has 1 fully saturated rings. The van der Waals surface area contributed by atoms with Crippen molar-refractivity contribution in [3.63, 3.8) is 0 Å². The van der Waals surface area contributed by atoms with Crippen LogP contribution in [0.15, 0.2) is 6.07 Å². The van der Waals surface area contributed by atoms with Crippen LogP contribution in [-0.4, -0.2) is 23.6 Å². The molecule has 2 rings (SSSR count). The third-order valence-electron chi connectivity index (χ3n) is 2.74. The van der Waals surface area contributed by atoms with Crippen molar-refractivity contribution in [2.75, 3.05) is 18.5 Å². The first-order valence-electron chi connectivity index (χ1n) is 6.11. The first-order valence-corrected chi connectivity index (χ1v) is 6.48. The minimum atomic E-state index is 0.242. The van der Waals surface area contributed by atoms with E-state index in [1.807, 2.05) is 6.07 Å². The minimum absolute atomic E-state index is 0.242. The molecule has 0 spiro atoms. The van der Waals surface area contributed by atoms with E-state index in [4.69, 9.17) is 11.6 Å². The van der Waals surface area contributed by atoms with Crippen LogP contribution in [0.4, 0.5) is 5.82 Å². The standard InChI is InChI=1S/C13H20ClN3/c1-13(2,3)8-17(4)11-7-10(14)15-12(16-11)9-5-6-9/h7,9H,5-6,8H2,1-4H3. The Morgan fingerprint density at radius 3 is 2.53 bits per heavy atom. The monoisotopic (exact) mass is 253 g/mol. The Labute approximate surface area is 108 Å². The average molecular weight is 254 g/mol. The van der Waals surface area contributed by atoms with Crippen molar-refractivity contribution in [1.29, 1.82) is 0 Å². The lowest BCUT2D eigenvalue weighted by atomic mass is 9.96. The first-order chi connectivity index (χ1) is 7.85. The molecular weight excluding hydrogens is 234 g/mol. The third-order valence-corrected chi connectivity index (χ3v) is 2.94. The van der Waals surface area contributed by atoms with Gasteiger partial charge in [-0.25, -0.2) is 9.97 Å². The van der Waals surface area contributed by atoms with E-state index in [2.05, 4.69) is 42.7 Å². The van der Waals surface area contributed by atoms with Gasteiger partial charge in [0.1, 0.15) is 16.8 Å². The molecule has 94 valence electrons. The van der Waals surface area contributed by atoms with Crippen LogP contribution < -0.4 is 4.90 Å². The number of hydrogen-bond acceptors (Lipinski definition) is 3. The van der Waals surface area contributed by atoms with Crippen molar-refractivity contribution in [1.82, 2.24) is 9.97 Å². The van der Waals surface area contributed by atoms with Gasteiger partial charge in [-0.15, -0.1) is 0 Å². The summed E-state index contributed by atoms with van der Waals surface area (Å²) in [4.78, 5) is 11.1. The number of nitrogens with zero attached hydrogens (tertiary/aromatic N) is 3. The van der Waals surface area contributed by atoms with E-state index < -0.39 is 0 Å². The maximum absolute atomic E-state index is 6.06. The first kappa shape index (κ1) is 12.6. The van der Waals surface area contributed by atoms with Gasteiger partial charge in [-0.3, -0.25) is 0 Å². The van der Waals surface area contributed by atoms with Gasteiger partial charge in [0, 0.05) is 25.6 Å². The van der Waals surface area contributed by atoms with Crippen LogP contribution in [-0.2, 0) is 0 Å². The highest BCUT2D eigenvalue weighted by Gasteiger charge is 2.27. The van der Waals surface area contributed by atoms with Crippen LogP contribution in [0.5, 0.6) is 0 Å². The van der Waals surface area contributed by atoms with Gasteiger partial charge >= 0.3 is 0 Å². The number of hydrogen-bond donors (Lipinski definition) is 0. The van der Waals surface area contributed by atoms with E-state index >= 15 is 0 Å². The molecule has 0 aliphatic heterocycles. The van der Waals surface area contributed by atoms with Gasteiger partial charge in [-0.05, 0) is 18.3 Å². The zero-order valence-corrected chi connectivity index (χ0v) is 11.8. The predicted molar refractivity (Wildman–Crippen MR) is 71.7 cm³/mol. The molecule has 0 aromatic carbocycles. The van der Waals surface area contributed by atoms with E-state index in [0.717, 1.165) is 18.2 Å². The molecule has 0 unspecified atom stereocenters. The fourth-order valence-electron chi connectivity index (χ4n) is 1.94. The van der Waals surface area contributed by atoms with Crippen molar-refractivity contribution in [3.05, 3.63) is 17.0 Å². The summed E-state index contributed by atoms with van der Waals surface area (Å²) in [7, 11) is 2.06. The second kappa shape index (κ2) is 4.45. The summed E-state index contributed by atoms with van der Waals surface area (Å²) < 4.78 is 0. The maximum Gasteiger partial charge on any atom is 0.135 e. The van der Waals surface area contributed by atoms with Gasteiger partial charge in [0.15, 0.2) is 0 Å². The lowest BCUT2D eigenvalue weighted by Crippen LogP contribution is -2.30. The molecule has 1 saturated carbocycles. The van der Waals surface area contributed by atoms with Gasteiger partial charge < -0.3 is 4.90 Å². The van der Waals surface area contributed by atoms with Crippen LogP contribution in [0.25, 0.3) is 0 Å². The normalized spacial score (nSPS) is 16.1. The van der Waals surface area contributed by atoms with Gasteiger partial charge in [-0.1, -0.05) is 32.4 Å². The van der Waals surface area contributed by atoms with Crippen molar-refractivity contribution < 1.29 is 0 Å². The molecule has 0 saturated heterocycles. The van der Waals surface area contributed by atoms with Gasteiger partial charge in [-0.2, -0.15) is 0 Å². The second-order valence-electron chi connectivity index (χ2n) is 6.10. The topological polar surface area (TPSA) is 29.0 Å². The zero-order chi connectivity index (χ0) is 12.6. The predicted octanol–water partition coefficient (Wildman–Crippen LogP) is 3.49. The molecule has 3 nitrogen and oxygen atoms in total. The van der Waals surface area contributed by atoms with E-state index in [-0.39, 0.29) is 5.41 Å². The van der Waals surface area contributed by atoms with E-state index in [1.165, 1.54) is 12.8 Å². The summed E-state index contributed by atoms with van der Waals surface area (Å²) in [6.07, 6.45) is 2.39. The SMILES string of the molecule is CN(CC(C)(C)C)c1cc(Cl)nc(C2CC2)n1. The zero-order valence-electron chi connectivity index (χ0n) is 11.0. The number of rotatable bonds is 3. The highest BCUT2D eigenvalue weighted by molar-refractivity contribution is 6.29. The Bertz CT molecular complexity index is 408. The summed E-state index contributed by atoms with van der Waals surface area (Å²) in [6.45, 7) is 7.60. The van der Waals surface area contributed by atoms with Crippen molar-refractivity contribution in [3.8, 4) is 0 Å². The molecule has 0 amide bonds. The maximum atomic E-state index is 6.06. The molecule has 1 aliphatic carbocycles. The van der Waals surface area contributed by atoms with E-state index in [0.29, 0.717) is 11.1 Å². The minimum Gasteiger partial charge on any atom is -0.359 e. The molecular formula is C13H20ClN3. The summed E-state index contributed by atoms with van der Waals surface area (Å²) in [6, 6.07) is 1.85. The van der Waals surface area contributed by atoms with Crippen LogP contribution in [0.1, 0.15) is 45.4 Å².